The van der Waals surface area contributed by atoms with Gasteiger partial charge in [-0.2, -0.15) is 9.66 Å². The van der Waals surface area contributed by atoms with E-state index in [9.17, 15) is 18.0 Å². The van der Waals surface area contributed by atoms with Gasteiger partial charge in [0.2, 0.25) is 5.88 Å². The highest BCUT2D eigenvalue weighted by molar-refractivity contribution is 7.92. The van der Waals surface area contributed by atoms with E-state index in [2.05, 4.69) is 14.7 Å². The van der Waals surface area contributed by atoms with Crippen LogP contribution in [0.4, 0.5) is 0 Å². The van der Waals surface area contributed by atoms with Crippen molar-refractivity contribution < 1.29 is 17.9 Å². The summed E-state index contributed by atoms with van der Waals surface area (Å²) in [4.78, 5) is 31.6. The van der Waals surface area contributed by atoms with E-state index in [1.54, 1.807) is 44.4 Å². The molecule has 0 radical (unpaired) electrons. The Kier molecular flexibility index (Phi) is 7.00. The average Bonchev–Trinajstić information content (AvgIpc) is 3.69. The van der Waals surface area contributed by atoms with Crippen molar-refractivity contribution in [2.24, 2.45) is 11.4 Å². The third-order valence-corrected chi connectivity index (χ3v) is 8.11. The third kappa shape index (κ3) is 5.31. The van der Waals surface area contributed by atoms with E-state index >= 15 is 0 Å². The van der Waals surface area contributed by atoms with Gasteiger partial charge in [0.05, 0.1) is 11.6 Å². The molecule has 0 unspecified atom stereocenters. The summed E-state index contributed by atoms with van der Waals surface area (Å²) < 4.78 is 35.1. The second-order valence-corrected chi connectivity index (χ2v) is 11.1. The van der Waals surface area contributed by atoms with Crippen molar-refractivity contribution in [2.75, 3.05) is 20.7 Å². The average molecular weight is 523 g/mol. The largest absolute Gasteiger partial charge is 0.474 e. The number of ether oxygens (including phenoxy) is 1. The molecule has 4 rings (SSSR count). The molecule has 11 nitrogen and oxygen atoms in total. The van der Waals surface area contributed by atoms with Gasteiger partial charge in [-0.1, -0.05) is 12.1 Å². The number of rotatable bonds is 9. The summed E-state index contributed by atoms with van der Waals surface area (Å²) in [6, 6.07) is 11.9. The maximum atomic E-state index is 13.1. The number of carbonyl (C=O) groups excluding carboxylic acids is 1. The van der Waals surface area contributed by atoms with Crippen LogP contribution in [0.3, 0.4) is 0 Å². The van der Waals surface area contributed by atoms with Crippen LogP contribution >= 0.6 is 0 Å². The number of aryl methyl sites for hydroxylation is 1. The molecule has 3 aromatic rings. The smallest absolute Gasteiger partial charge is 0.263 e. The number of aromatic nitrogens is 2. The summed E-state index contributed by atoms with van der Waals surface area (Å²) in [5, 5.41) is 12.2. The van der Waals surface area contributed by atoms with Crippen LogP contribution in [0.15, 0.2) is 51.8 Å². The number of nitrogens with one attached hydrogen (secondary N) is 1. The van der Waals surface area contributed by atoms with E-state index < -0.39 is 26.2 Å². The number of nitriles is 1. The lowest BCUT2D eigenvalue weighted by Crippen LogP contribution is -2.32. The molecule has 2 heterocycles. The van der Waals surface area contributed by atoms with Crippen LogP contribution in [-0.4, -0.2) is 60.6 Å². The van der Waals surface area contributed by atoms with Gasteiger partial charge in [0.25, 0.3) is 21.5 Å². The fraction of sp³-hybridized carbons (Fsp3) is 0.320. The summed E-state index contributed by atoms with van der Waals surface area (Å²) in [6.07, 6.45) is 3.53. The number of benzene rings is 1. The molecule has 1 N–H and O–H groups in total. The summed E-state index contributed by atoms with van der Waals surface area (Å²) in [5.74, 6) is -0.451. The summed E-state index contributed by atoms with van der Waals surface area (Å²) in [6.45, 7) is 0.0243. The summed E-state index contributed by atoms with van der Waals surface area (Å²) in [5.41, 5.74) is 1.04. The normalized spacial score (nSPS) is 14.3. The molecule has 0 bridgehead atoms. The van der Waals surface area contributed by atoms with Crippen molar-refractivity contribution in [3.8, 4) is 11.9 Å². The number of sulfonamides is 1. The molecule has 2 aromatic heterocycles. The number of hydrogen-bond donors (Lipinski definition) is 1. The van der Waals surface area contributed by atoms with Gasteiger partial charge in [0, 0.05) is 39.3 Å². The number of amides is 1. The van der Waals surface area contributed by atoms with Crippen LogP contribution in [0.2, 0.25) is 0 Å². The fourth-order valence-corrected chi connectivity index (χ4v) is 5.09. The molecule has 0 atom stereocenters. The third-order valence-electron chi connectivity index (χ3n) is 6.12. The Hall–Kier alpha value is -4.24. The number of hydrogen-bond acceptors (Lipinski definition) is 7. The molecule has 192 valence electrons. The van der Waals surface area contributed by atoms with Crippen LogP contribution in [-0.2, 0) is 23.6 Å². The molecule has 1 aromatic carbocycles. The Labute approximate surface area is 214 Å². The number of carbonyl (C=O) groups is 1. The standard InChI is InChI=1S/C25H26N6O5S/c1-30(2)16-29-37(34,35)25(9-10-25)15-36-23-21-19(8-11-27-23)12-20(24(33)31(21)3)22(32)28-14-18-6-4-17(13-26)5-7-18/h4-8,11-12,16H,9-10,14-15H2,1-3H3,(H,28,32)/b29-16+. The first-order valence-corrected chi connectivity index (χ1v) is 12.9. The predicted molar refractivity (Wildman–Crippen MR) is 138 cm³/mol. The topological polar surface area (TPSA) is 147 Å². The molecule has 1 aliphatic carbocycles. The minimum absolute atomic E-state index is 0.0555. The Morgan fingerprint density at radius 1 is 1.30 bits per heavy atom. The Balaban J connectivity index is 1.55. The quantitative estimate of drug-likeness (QED) is 0.329. The van der Waals surface area contributed by atoms with Crippen LogP contribution in [0, 0.1) is 11.3 Å². The molecule has 0 spiro atoms. The van der Waals surface area contributed by atoms with Gasteiger partial charge in [-0.25, -0.2) is 13.4 Å². The Morgan fingerprint density at radius 3 is 2.62 bits per heavy atom. The molecule has 1 saturated carbocycles. The molecule has 1 fully saturated rings. The fourth-order valence-electron chi connectivity index (χ4n) is 3.73. The van der Waals surface area contributed by atoms with Crippen molar-refractivity contribution in [1.82, 2.24) is 19.8 Å². The van der Waals surface area contributed by atoms with Crippen molar-refractivity contribution >= 4 is 33.2 Å². The number of fused-ring (bicyclic) bond motifs is 1. The number of nitrogens with zero attached hydrogens (tertiary/aromatic N) is 5. The van der Waals surface area contributed by atoms with E-state index in [0.29, 0.717) is 29.3 Å². The van der Waals surface area contributed by atoms with Gasteiger partial charge in [-0.3, -0.25) is 9.59 Å². The molecular formula is C25H26N6O5S. The van der Waals surface area contributed by atoms with E-state index in [-0.39, 0.29) is 24.6 Å². The van der Waals surface area contributed by atoms with Crippen LogP contribution in [0.5, 0.6) is 5.88 Å². The molecule has 37 heavy (non-hydrogen) atoms. The predicted octanol–water partition coefficient (Wildman–Crippen LogP) is 1.57. The number of pyridine rings is 2. The van der Waals surface area contributed by atoms with Crippen molar-refractivity contribution in [3.63, 3.8) is 0 Å². The van der Waals surface area contributed by atoms with Crippen molar-refractivity contribution in [2.45, 2.75) is 24.1 Å². The molecule has 0 saturated heterocycles. The Bertz CT molecular complexity index is 1580. The lowest BCUT2D eigenvalue weighted by molar-refractivity contribution is 0.0949. The lowest BCUT2D eigenvalue weighted by atomic mass is 10.1. The maximum absolute atomic E-state index is 13.1. The van der Waals surface area contributed by atoms with Gasteiger partial charge in [0.15, 0.2) is 0 Å². The Morgan fingerprint density at radius 2 is 2.00 bits per heavy atom. The molecular weight excluding hydrogens is 496 g/mol. The first kappa shape index (κ1) is 25.8. The van der Waals surface area contributed by atoms with Gasteiger partial charge in [0.1, 0.15) is 28.8 Å². The second-order valence-electron chi connectivity index (χ2n) is 9.10. The highest BCUT2D eigenvalue weighted by Crippen LogP contribution is 2.45. The molecule has 0 aliphatic heterocycles. The lowest BCUT2D eigenvalue weighted by Gasteiger charge is -2.16. The molecule has 1 amide bonds. The summed E-state index contributed by atoms with van der Waals surface area (Å²) in [7, 11) is 1.06. The maximum Gasteiger partial charge on any atom is 0.263 e. The minimum atomic E-state index is -3.80. The first-order chi connectivity index (χ1) is 17.6. The highest BCUT2D eigenvalue weighted by Gasteiger charge is 2.56. The zero-order valence-electron chi connectivity index (χ0n) is 20.6. The van der Waals surface area contributed by atoms with Crippen LogP contribution in [0.1, 0.15) is 34.3 Å². The SMILES string of the molecule is CN(C)/C=N/S(=O)(=O)C1(COc2nccc3cc(C(=O)NCc4ccc(C#N)cc4)c(=O)n(C)c23)CC1. The van der Waals surface area contributed by atoms with Gasteiger partial charge >= 0.3 is 0 Å². The second kappa shape index (κ2) is 10.0. The van der Waals surface area contributed by atoms with Crippen LogP contribution in [0.25, 0.3) is 10.9 Å². The van der Waals surface area contributed by atoms with E-state index in [0.717, 1.165) is 5.56 Å². The van der Waals surface area contributed by atoms with Crippen molar-refractivity contribution in [1.29, 1.82) is 5.26 Å². The van der Waals surface area contributed by atoms with E-state index in [1.165, 1.54) is 35.1 Å². The van der Waals surface area contributed by atoms with E-state index in [4.69, 9.17) is 10.00 Å². The van der Waals surface area contributed by atoms with Gasteiger partial charge in [-0.15, -0.1) is 0 Å². The van der Waals surface area contributed by atoms with E-state index in [1.807, 2.05) is 6.07 Å². The molecule has 1 aliphatic rings. The monoisotopic (exact) mass is 522 g/mol. The minimum Gasteiger partial charge on any atom is -0.474 e. The van der Waals surface area contributed by atoms with Crippen molar-refractivity contribution in [3.05, 3.63) is 69.6 Å². The first-order valence-electron chi connectivity index (χ1n) is 11.4. The summed E-state index contributed by atoms with van der Waals surface area (Å²) >= 11 is 0. The van der Waals surface area contributed by atoms with Crippen LogP contribution < -0.4 is 15.6 Å². The zero-order chi connectivity index (χ0) is 26.8. The molecule has 12 heteroatoms. The zero-order valence-corrected chi connectivity index (χ0v) is 21.4. The highest BCUT2D eigenvalue weighted by atomic mass is 32.2. The van der Waals surface area contributed by atoms with Gasteiger partial charge in [-0.05, 0) is 42.7 Å². The van der Waals surface area contributed by atoms with Gasteiger partial charge < -0.3 is 19.5 Å².